The highest BCUT2D eigenvalue weighted by atomic mass is 16.6. The minimum Gasteiger partial charge on any atom is -0.394 e. The molecule has 1 aliphatic rings. The second kappa shape index (κ2) is 4.29. The van der Waals surface area contributed by atoms with E-state index >= 15 is 0 Å². The third kappa shape index (κ3) is 1.60. The van der Waals surface area contributed by atoms with E-state index in [1.165, 1.54) is 4.68 Å². The molecule has 1 saturated heterocycles. The molecule has 96 valence electrons. The fourth-order valence-corrected chi connectivity index (χ4v) is 2.16. The third-order valence-corrected chi connectivity index (χ3v) is 3.14. The van der Waals surface area contributed by atoms with Gasteiger partial charge in [-0.2, -0.15) is 0 Å². The molecule has 7 heteroatoms. The molecule has 3 N–H and O–H groups in total. The van der Waals surface area contributed by atoms with Crippen molar-refractivity contribution in [3.8, 4) is 0 Å². The molecule has 0 bridgehead atoms. The van der Waals surface area contributed by atoms with Crippen LogP contribution >= 0.6 is 0 Å². The molecule has 2 aromatic rings. The van der Waals surface area contributed by atoms with Crippen molar-refractivity contribution in [1.82, 2.24) is 15.0 Å². The van der Waals surface area contributed by atoms with Gasteiger partial charge < -0.3 is 20.1 Å². The Balaban J connectivity index is 2.00. The van der Waals surface area contributed by atoms with Crippen LogP contribution in [0.5, 0.6) is 0 Å². The molecule has 7 nitrogen and oxygen atoms in total. The number of hydrogen-bond acceptors (Lipinski definition) is 6. The SMILES string of the molecule is OC[C@H]1OC(n2nnc3ccccc32)[C@H](O)[C@@H]1O. The topological polar surface area (TPSA) is 101 Å². The van der Waals surface area contributed by atoms with Crippen LogP contribution in [0.3, 0.4) is 0 Å². The second-order valence-corrected chi connectivity index (χ2v) is 4.25. The van der Waals surface area contributed by atoms with Gasteiger partial charge in [0.1, 0.15) is 23.8 Å². The summed E-state index contributed by atoms with van der Waals surface area (Å²) in [6.07, 6.45) is -3.94. The monoisotopic (exact) mass is 251 g/mol. The summed E-state index contributed by atoms with van der Waals surface area (Å²) in [4.78, 5) is 0. The van der Waals surface area contributed by atoms with Gasteiger partial charge in [-0.25, -0.2) is 4.68 Å². The number of ether oxygens (including phenoxy) is 1. The van der Waals surface area contributed by atoms with Gasteiger partial charge in [0.25, 0.3) is 0 Å². The molecule has 0 aliphatic carbocycles. The van der Waals surface area contributed by atoms with E-state index in [1.807, 2.05) is 12.1 Å². The average molecular weight is 251 g/mol. The number of hydrogen-bond donors (Lipinski definition) is 3. The zero-order valence-corrected chi connectivity index (χ0v) is 9.42. The first-order valence-corrected chi connectivity index (χ1v) is 5.65. The van der Waals surface area contributed by atoms with E-state index in [4.69, 9.17) is 9.84 Å². The van der Waals surface area contributed by atoms with Crippen LogP contribution in [0.1, 0.15) is 6.23 Å². The van der Waals surface area contributed by atoms with Crippen molar-refractivity contribution in [2.75, 3.05) is 6.61 Å². The van der Waals surface area contributed by atoms with Crippen molar-refractivity contribution in [1.29, 1.82) is 0 Å². The number of aliphatic hydroxyl groups excluding tert-OH is 3. The van der Waals surface area contributed by atoms with E-state index in [0.29, 0.717) is 11.0 Å². The van der Waals surface area contributed by atoms with E-state index in [9.17, 15) is 10.2 Å². The lowest BCUT2D eigenvalue weighted by atomic mass is 10.1. The smallest absolute Gasteiger partial charge is 0.181 e. The molecule has 0 spiro atoms. The number of aliphatic hydroxyl groups is 3. The van der Waals surface area contributed by atoms with Gasteiger partial charge in [-0.1, -0.05) is 17.3 Å². The van der Waals surface area contributed by atoms with Crippen molar-refractivity contribution < 1.29 is 20.1 Å². The molecule has 2 heterocycles. The van der Waals surface area contributed by atoms with E-state index in [1.54, 1.807) is 12.1 Å². The van der Waals surface area contributed by atoms with Crippen LogP contribution in [-0.4, -0.2) is 55.2 Å². The summed E-state index contributed by atoms with van der Waals surface area (Å²) in [6, 6.07) is 7.24. The second-order valence-electron chi connectivity index (χ2n) is 4.25. The maximum absolute atomic E-state index is 9.92. The number of para-hydroxylation sites is 1. The van der Waals surface area contributed by atoms with Crippen molar-refractivity contribution in [2.24, 2.45) is 0 Å². The van der Waals surface area contributed by atoms with Crippen LogP contribution in [0.25, 0.3) is 11.0 Å². The van der Waals surface area contributed by atoms with Crippen LogP contribution in [0, 0.1) is 0 Å². The van der Waals surface area contributed by atoms with Gasteiger partial charge in [0, 0.05) is 0 Å². The van der Waals surface area contributed by atoms with Crippen LogP contribution in [0.4, 0.5) is 0 Å². The maximum Gasteiger partial charge on any atom is 0.181 e. The summed E-state index contributed by atoms with van der Waals surface area (Å²) in [5, 5.41) is 36.5. The van der Waals surface area contributed by atoms with Gasteiger partial charge in [-0.3, -0.25) is 0 Å². The summed E-state index contributed by atoms with van der Waals surface area (Å²) < 4.78 is 6.81. The van der Waals surface area contributed by atoms with Gasteiger partial charge in [0.05, 0.1) is 12.1 Å². The molecule has 4 atom stereocenters. The van der Waals surface area contributed by atoms with Gasteiger partial charge in [-0.05, 0) is 12.1 Å². The zero-order valence-electron chi connectivity index (χ0n) is 9.42. The predicted molar refractivity (Wildman–Crippen MR) is 60.5 cm³/mol. The molecule has 1 aromatic heterocycles. The summed E-state index contributed by atoms with van der Waals surface area (Å²) in [7, 11) is 0. The molecular formula is C11H13N3O4. The molecule has 1 aromatic carbocycles. The average Bonchev–Trinajstić information content (AvgIpc) is 2.93. The van der Waals surface area contributed by atoms with E-state index in [2.05, 4.69) is 10.3 Å². The normalized spacial score (nSPS) is 32.2. The van der Waals surface area contributed by atoms with Crippen LogP contribution in [0.15, 0.2) is 24.3 Å². The first-order valence-electron chi connectivity index (χ1n) is 5.65. The Hall–Kier alpha value is -1.54. The summed E-state index contributed by atoms with van der Waals surface area (Å²) in [6.45, 7) is -0.360. The third-order valence-electron chi connectivity index (χ3n) is 3.14. The van der Waals surface area contributed by atoms with Crippen molar-refractivity contribution in [3.63, 3.8) is 0 Å². The Kier molecular flexibility index (Phi) is 2.75. The molecule has 1 unspecified atom stereocenters. The first-order chi connectivity index (χ1) is 8.72. The largest absolute Gasteiger partial charge is 0.394 e. The van der Waals surface area contributed by atoms with Gasteiger partial charge >= 0.3 is 0 Å². The highest BCUT2D eigenvalue weighted by Crippen LogP contribution is 2.30. The number of fused-ring (bicyclic) bond motifs is 1. The Morgan fingerprint density at radius 2 is 2.00 bits per heavy atom. The Bertz CT molecular complexity index is 558. The Morgan fingerprint density at radius 1 is 1.22 bits per heavy atom. The number of benzene rings is 1. The number of rotatable bonds is 2. The Labute approximate surface area is 102 Å². The number of nitrogens with zero attached hydrogens (tertiary/aromatic N) is 3. The van der Waals surface area contributed by atoms with Crippen molar-refractivity contribution >= 4 is 11.0 Å². The first kappa shape index (κ1) is 11.5. The van der Waals surface area contributed by atoms with E-state index in [0.717, 1.165) is 0 Å². The van der Waals surface area contributed by atoms with Crippen LogP contribution in [-0.2, 0) is 4.74 Å². The van der Waals surface area contributed by atoms with Crippen molar-refractivity contribution in [3.05, 3.63) is 24.3 Å². The summed E-state index contributed by atoms with van der Waals surface area (Å²) >= 11 is 0. The Morgan fingerprint density at radius 3 is 2.72 bits per heavy atom. The highest BCUT2D eigenvalue weighted by molar-refractivity contribution is 5.73. The summed E-state index contributed by atoms with van der Waals surface area (Å²) in [5.41, 5.74) is 1.38. The molecule has 0 radical (unpaired) electrons. The van der Waals surface area contributed by atoms with Crippen molar-refractivity contribution in [2.45, 2.75) is 24.5 Å². The molecule has 18 heavy (non-hydrogen) atoms. The quantitative estimate of drug-likeness (QED) is 0.635. The van der Waals surface area contributed by atoms with Crippen LogP contribution in [0.2, 0.25) is 0 Å². The molecule has 0 saturated carbocycles. The molecule has 1 aliphatic heterocycles. The standard InChI is InChI=1S/C11H13N3O4/c15-5-8-9(16)10(17)11(18-8)14-7-4-2-1-3-6(7)12-13-14/h1-4,8-11,15-17H,5H2/t8-,9-,10-,11?/m1/s1. The minimum absolute atomic E-state index is 0.360. The van der Waals surface area contributed by atoms with E-state index in [-0.39, 0.29) is 6.61 Å². The van der Waals surface area contributed by atoms with Crippen LogP contribution < -0.4 is 0 Å². The number of aromatic nitrogens is 3. The lowest BCUT2D eigenvalue weighted by Gasteiger charge is -2.14. The molecule has 3 rings (SSSR count). The predicted octanol–water partition coefficient (Wildman–Crippen LogP) is -0.957. The summed E-state index contributed by atoms with van der Waals surface area (Å²) in [5.74, 6) is 0. The lowest BCUT2D eigenvalue weighted by Crippen LogP contribution is -2.33. The molecular weight excluding hydrogens is 238 g/mol. The van der Waals surface area contributed by atoms with Gasteiger partial charge in [0.15, 0.2) is 6.23 Å². The van der Waals surface area contributed by atoms with E-state index < -0.39 is 24.5 Å². The lowest BCUT2D eigenvalue weighted by molar-refractivity contribution is -0.0572. The minimum atomic E-state index is -1.15. The molecule has 1 fully saturated rings. The maximum atomic E-state index is 9.92. The molecule has 0 amide bonds. The fraction of sp³-hybridized carbons (Fsp3) is 0.455. The van der Waals surface area contributed by atoms with Gasteiger partial charge in [-0.15, -0.1) is 5.10 Å². The zero-order chi connectivity index (χ0) is 12.7. The highest BCUT2D eigenvalue weighted by Gasteiger charge is 2.44. The van der Waals surface area contributed by atoms with Gasteiger partial charge in [0.2, 0.25) is 0 Å². The fourth-order valence-electron chi connectivity index (χ4n) is 2.16.